The van der Waals surface area contributed by atoms with Crippen molar-refractivity contribution in [1.29, 1.82) is 0 Å². The number of nitrogens with one attached hydrogen (secondary N) is 2. The summed E-state index contributed by atoms with van der Waals surface area (Å²) in [6, 6.07) is 13.8. The monoisotopic (exact) mass is 382 g/mol. The molecule has 5 nitrogen and oxygen atoms in total. The number of carbonyl (C=O) groups excluding carboxylic acids is 1. The van der Waals surface area contributed by atoms with E-state index in [1.54, 1.807) is 0 Å². The van der Waals surface area contributed by atoms with Crippen molar-refractivity contribution < 1.29 is 13.6 Å². The van der Waals surface area contributed by atoms with Crippen molar-refractivity contribution in [2.45, 2.75) is 13.8 Å². The van der Waals surface area contributed by atoms with Gasteiger partial charge < -0.3 is 10.6 Å². The Morgan fingerprint density at radius 2 is 1.79 bits per heavy atom. The molecule has 3 rings (SSSR count). The van der Waals surface area contributed by atoms with E-state index < -0.39 is 11.6 Å². The Morgan fingerprint density at radius 1 is 1.04 bits per heavy atom. The first-order chi connectivity index (χ1) is 13.4. The average molecular weight is 382 g/mol. The number of hydrogen-bond acceptors (Lipinski definition) is 4. The van der Waals surface area contributed by atoms with Crippen LogP contribution in [0.1, 0.15) is 24.3 Å². The highest BCUT2D eigenvalue weighted by atomic mass is 19.1. The first-order valence-corrected chi connectivity index (χ1v) is 8.87. The third kappa shape index (κ3) is 4.88. The standard InChI is InChI=1S/C21H20F2N4O/c1-13(2)12-24-21(28)18-11-19(25-17-9-8-15(22)10-16(17)23)27-20(26-18)14-6-4-3-5-7-14/h3-11,13H,12H2,1-2H3,(H,24,28)(H,25,26,27). The van der Waals surface area contributed by atoms with Crippen LogP contribution in [0, 0.1) is 17.6 Å². The van der Waals surface area contributed by atoms with Crippen molar-refractivity contribution in [3.8, 4) is 11.4 Å². The minimum absolute atomic E-state index is 0.0488. The summed E-state index contributed by atoms with van der Waals surface area (Å²) in [6.07, 6.45) is 0. The third-order valence-electron chi connectivity index (χ3n) is 3.86. The third-order valence-corrected chi connectivity index (χ3v) is 3.86. The second kappa shape index (κ2) is 8.56. The molecule has 1 amide bonds. The van der Waals surface area contributed by atoms with E-state index in [1.165, 1.54) is 12.1 Å². The van der Waals surface area contributed by atoms with Crippen molar-refractivity contribution in [3.63, 3.8) is 0 Å². The molecular weight excluding hydrogens is 362 g/mol. The quantitative estimate of drug-likeness (QED) is 0.656. The van der Waals surface area contributed by atoms with Gasteiger partial charge in [0.25, 0.3) is 5.91 Å². The van der Waals surface area contributed by atoms with Gasteiger partial charge in [-0.2, -0.15) is 0 Å². The van der Waals surface area contributed by atoms with Crippen LogP contribution in [0.2, 0.25) is 0 Å². The number of halogens is 2. The number of aromatic nitrogens is 2. The molecule has 28 heavy (non-hydrogen) atoms. The Labute approximate surface area is 161 Å². The van der Waals surface area contributed by atoms with Crippen molar-refractivity contribution >= 4 is 17.4 Å². The maximum absolute atomic E-state index is 14.0. The number of hydrogen-bond donors (Lipinski definition) is 2. The van der Waals surface area contributed by atoms with Gasteiger partial charge in [0, 0.05) is 24.2 Å². The van der Waals surface area contributed by atoms with Crippen molar-refractivity contribution in [1.82, 2.24) is 15.3 Å². The van der Waals surface area contributed by atoms with E-state index in [1.807, 2.05) is 44.2 Å². The molecule has 0 unspecified atom stereocenters. The average Bonchev–Trinajstić information content (AvgIpc) is 2.68. The minimum atomic E-state index is -0.759. The molecule has 0 bridgehead atoms. The molecule has 2 aromatic carbocycles. The molecule has 0 fully saturated rings. The first kappa shape index (κ1) is 19.4. The highest BCUT2D eigenvalue weighted by Crippen LogP contribution is 2.23. The van der Waals surface area contributed by atoms with Crippen LogP contribution in [0.25, 0.3) is 11.4 Å². The predicted octanol–water partition coefficient (Wildman–Crippen LogP) is 4.55. The second-order valence-electron chi connectivity index (χ2n) is 6.68. The van der Waals surface area contributed by atoms with Gasteiger partial charge in [-0.05, 0) is 18.1 Å². The van der Waals surface area contributed by atoms with Gasteiger partial charge in [0.2, 0.25) is 0 Å². The van der Waals surface area contributed by atoms with Crippen molar-refractivity contribution in [3.05, 3.63) is 71.9 Å². The smallest absolute Gasteiger partial charge is 0.270 e. The van der Waals surface area contributed by atoms with Crippen LogP contribution in [0.5, 0.6) is 0 Å². The maximum Gasteiger partial charge on any atom is 0.270 e. The van der Waals surface area contributed by atoms with E-state index >= 15 is 0 Å². The van der Waals surface area contributed by atoms with Crippen LogP contribution in [-0.4, -0.2) is 22.4 Å². The van der Waals surface area contributed by atoms with Gasteiger partial charge in [-0.3, -0.25) is 4.79 Å². The fourth-order valence-electron chi connectivity index (χ4n) is 2.46. The lowest BCUT2D eigenvalue weighted by atomic mass is 10.2. The Bertz CT molecular complexity index is 977. The molecule has 0 saturated heterocycles. The zero-order valence-electron chi connectivity index (χ0n) is 15.5. The Hall–Kier alpha value is -3.35. The lowest BCUT2D eigenvalue weighted by Crippen LogP contribution is -2.28. The normalized spacial score (nSPS) is 10.8. The highest BCUT2D eigenvalue weighted by molar-refractivity contribution is 5.93. The van der Waals surface area contributed by atoms with Crippen LogP contribution in [0.3, 0.4) is 0 Å². The van der Waals surface area contributed by atoms with Gasteiger partial charge in [0.1, 0.15) is 23.1 Å². The lowest BCUT2D eigenvalue weighted by molar-refractivity contribution is 0.0944. The fraction of sp³-hybridized carbons (Fsp3) is 0.190. The Balaban J connectivity index is 1.98. The summed E-state index contributed by atoms with van der Waals surface area (Å²) in [7, 11) is 0. The summed E-state index contributed by atoms with van der Waals surface area (Å²) < 4.78 is 27.1. The molecule has 1 heterocycles. The lowest BCUT2D eigenvalue weighted by Gasteiger charge is -2.12. The molecule has 0 aliphatic rings. The zero-order valence-corrected chi connectivity index (χ0v) is 15.5. The van der Waals surface area contributed by atoms with Crippen LogP contribution < -0.4 is 10.6 Å². The van der Waals surface area contributed by atoms with E-state index in [0.717, 1.165) is 12.1 Å². The molecule has 0 spiro atoms. The van der Waals surface area contributed by atoms with Gasteiger partial charge in [-0.15, -0.1) is 0 Å². The maximum atomic E-state index is 14.0. The number of amides is 1. The first-order valence-electron chi connectivity index (χ1n) is 8.87. The molecule has 2 N–H and O–H groups in total. The van der Waals surface area contributed by atoms with E-state index in [9.17, 15) is 13.6 Å². The highest BCUT2D eigenvalue weighted by Gasteiger charge is 2.14. The molecule has 144 valence electrons. The van der Waals surface area contributed by atoms with Gasteiger partial charge in [-0.1, -0.05) is 44.2 Å². The summed E-state index contributed by atoms with van der Waals surface area (Å²) in [5, 5.41) is 5.60. The van der Waals surface area contributed by atoms with E-state index in [4.69, 9.17) is 0 Å². The number of rotatable bonds is 6. The summed E-state index contributed by atoms with van der Waals surface area (Å²) in [6.45, 7) is 4.47. The molecule has 7 heteroatoms. The van der Waals surface area contributed by atoms with Crippen LogP contribution in [0.15, 0.2) is 54.6 Å². The summed E-state index contributed by atoms with van der Waals surface area (Å²) >= 11 is 0. The number of anilines is 2. The topological polar surface area (TPSA) is 66.9 Å². The van der Waals surface area contributed by atoms with Crippen LogP contribution in [0.4, 0.5) is 20.3 Å². The number of carbonyl (C=O) groups is 1. The molecule has 0 saturated carbocycles. The molecular formula is C21H20F2N4O. The molecule has 1 aromatic heterocycles. The minimum Gasteiger partial charge on any atom is -0.350 e. The molecule has 0 radical (unpaired) electrons. The molecule has 3 aromatic rings. The van der Waals surface area contributed by atoms with Crippen LogP contribution >= 0.6 is 0 Å². The molecule has 0 aliphatic heterocycles. The molecule has 0 atom stereocenters. The van der Waals surface area contributed by atoms with Crippen molar-refractivity contribution in [2.75, 3.05) is 11.9 Å². The SMILES string of the molecule is CC(C)CNC(=O)c1cc(Nc2ccc(F)cc2F)nc(-c2ccccc2)n1. The number of nitrogens with zero attached hydrogens (tertiary/aromatic N) is 2. The number of benzene rings is 2. The largest absolute Gasteiger partial charge is 0.350 e. The van der Waals surface area contributed by atoms with Crippen molar-refractivity contribution in [2.24, 2.45) is 5.92 Å². The van der Waals surface area contributed by atoms with E-state index in [-0.39, 0.29) is 29.0 Å². The van der Waals surface area contributed by atoms with Gasteiger partial charge >= 0.3 is 0 Å². The van der Waals surface area contributed by atoms with E-state index in [0.29, 0.717) is 17.9 Å². The predicted molar refractivity (Wildman–Crippen MR) is 104 cm³/mol. The van der Waals surface area contributed by atoms with Gasteiger partial charge in [-0.25, -0.2) is 18.7 Å². The second-order valence-corrected chi connectivity index (χ2v) is 6.68. The Kier molecular flexibility index (Phi) is 5.93. The summed E-state index contributed by atoms with van der Waals surface area (Å²) in [4.78, 5) is 21.2. The van der Waals surface area contributed by atoms with Gasteiger partial charge in [0.15, 0.2) is 5.82 Å². The summed E-state index contributed by atoms with van der Waals surface area (Å²) in [5.41, 5.74) is 0.913. The fourth-order valence-corrected chi connectivity index (χ4v) is 2.46. The van der Waals surface area contributed by atoms with Crippen LogP contribution in [-0.2, 0) is 0 Å². The molecule has 0 aliphatic carbocycles. The van der Waals surface area contributed by atoms with E-state index in [2.05, 4.69) is 20.6 Å². The summed E-state index contributed by atoms with van der Waals surface area (Å²) in [5.74, 6) is -0.951. The van der Waals surface area contributed by atoms with Gasteiger partial charge in [0.05, 0.1) is 5.69 Å². The Morgan fingerprint density at radius 3 is 2.46 bits per heavy atom. The zero-order chi connectivity index (χ0) is 20.1.